The first-order chi connectivity index (χ1) is 8.81. The van der Waals surface area contributed by atoms with Gasteiger partial charge in [-0.05, 0) is 31.5 Å². The minimum Gasteiger partial charge on any atom is -0.326 e. The third-order valence-corrected chi connectivity index (χ3v) is 3.91. The van der Waals surface area contributed by atoms with E-state index < -0.39 is 9.84 Å². The first-order valence-electron chi connectivity index (χ1n) is 5.78. The number of hydrogen-bond acceptors (Lipinski definition) is 4. The van der Waals surface area contributed by atoms with Crippen molar-refractivity contribution >= 4 is 15.7 Å². The molecule has 5 nitrogen and oxygen atoms in total. The van der Waals surface area contributed by atoms with Crippen molar-refractivity contribution in [2.75, 3.05) is 19.3 Å². The van der Waals surface area contributed by atoms with Crippen molar-refractivity contribution in [1.82, 2.24) is 4.90 Å². The third-order valence-electron chi connectivity index (χ3n) is 2.80. The number of nitrogens with zero attached hydrogens (tertiary/aromatic N) is 2. The monoisotopic (exact) mass is 280 g/mol. The Bertz CT molecular complexity index is 630. The van der Waals surface area contributed by atoms with Gasteiger partial charge in [0.05, 0.1) is 11.0 Å². The first kappa shape index (κ1) is 15.2. The number of nitriles is 1. The fourth-order valence-corrected chi connectivity index (χ4v) is 2.29. The molecular formula is C13H16N2O3S. The van der Waals surface area contributed by atoms with Gasteiger partial charge in [0.1, 0.15) is 6.54 Å². The summed E-state index contributed by atoms with van der Waals surface area (Å²) in [5, 5.41) is 8.68. The summed E-state index contributed by atoms with van der Waals surface area (Å²) in [6, 6.07) is 6.36. The van der Waals surface area contributed by atoms with E-state index in [9.17, 15) is 13.2 Å². The lowest BCUT2D eigenvalue weighted by molar-refractivity contribution is 0.0783. The Morgan fingerprint density at radius 1 is 1.42 bits per heavy atom. The van der Waals surface area contributed by atoms with Gasteiger partial charge in [-0.2, -0.15) is 5.26 Å². The summed E-state index contributed by atoms with van der Waals surface area (Å²) in [6.45, 7) is 3.89. The van der Waals surface area contributed by atoms with E-state index in [0.29, 0.717) is 17.7 Å². The summed E-state index contributed by atoms with van der Waals surface area (Å²) in [5.41, 5.74) is 1.01. The molecule has 6 heteroatoms. The van der Waals surface area contributed by atoms with Gasteiger partial charge in [0.25, 0.3) is 5.91 Å². The molecule has 102 valence electrons. The van der Waals surface area contributed by atoms with E-state index in [1.54, 1.807) is 19.9 Å². The zero-order valence-corrected chi connectivity index (χ0v) is 12.0. The van der Waals surface area contributed by atoms with E-state index in [4.69, 9.17) is 5.26 Å². The van der Waals surface area contributed by atoms with Crippen molar-refractivity contribution in [3.05, 3.63) is 29.3 Å². The van der Waals surface area contributed by atoms with Gasteiger partial charge in [-0.25, -0.2) is 8.42 Å². The largest absolute Gasteiger partial charge is 0.326 e. The van der Waals surface area contributed by atoms with Crippen LogP contribution in [0.4, 0.5) is 0 Å². The van der Waals surface area contributed by atoms with Crippen LogP contribution >= 0.6 is 0 Å². The molecule has 0 radical (unpaired) electrons. The summed E-state index contributed by atoms with van der Waals surface area (Å²) in [4.78, 5) is 13.7. The molecule has 0 aliphatic heterocycles. The molecule has 0 heterocycles. The van der Waals surface area contributed by atoms with Crippen LogP contribution in [-0.2, 0) is 9.84 Å². The lowest BCUT2D eigenvalue weighted by atomic mass is 10.1. The second-order valence-corrected chi connectivity index (χ2v) is 6.24. The van der Waals surface area contributed by atoms with Crippen molar-refractivity contribution in [2.45, 2.75) is 18.7 Å². The molecule has 1 aromatic carbocycles. The highest BCUT2D eigenvalue weighted by Crippen LogP contribution is 2.17. The Morgan fingerprint density at radius 3 is 2.53 bits per heavy atom. The highest BCUT2D eigenvalue weighted by atomic mass is 32.2. The number of amides is 1. The summed E-state index contributed by atoms with van der Waals surface area (Å²) >= 11 is 0. The number of benzene rings is 1. The molecule has 1 amide bonds. The van der Waals surface area contributed by atoms with E-state index >= 15 is 0 Å². The van der Waals surface area contributed by atoms with Gasteiger partial charge in [0.15, 0.2) is 9.84 Å². The molecule has 19 heavy (non-hydrogen) atoms. The molecule has 0 aliphatic rings. The average molecular weight is 280 g/mol. The quantitative estimate of drug-likeness (QED) is 0.781. The van der Waals surface area contributed by atoms with Gasteiger partial charge >= 0.3 is 0 Å². The Morgan fingerprint density at radius 2 is 2.05 bits per heavy atom. The average Bonchev–Trinajstić information content (AvgIpc) is 2.34. The van der Waals surface area contributed by atoms with E-state index in [1.165, 1.54) is 17.0 Å². The SMILES string of the molecule is CCN(CC#N)C(=O)c1cc(S(C)(=O)=O)ccc1C. The van der Waals surface area contributed by atoms with Gasteiger partial charge in [0, 0.05) is 18.4 Å². The van der Waals surface area contributed by atoms with E-state index in [2.05, 4.69) is 0 Å². The number of aryl methyl sites for hydroxylation is 1. The predicted octanol–water partition coefficient (Wildman–Crippen LogP) is 1.38. The molecule has 0 bridgehead atoms. The maximum absolute atomic E-state index is 12.2. The molecule has 1 rings (SSSR count). The molecule has 0 unspecified atom stereocenters. The molecule has 0 aromatic heterocycles. The molecule has 0 spiro atoms. The topological polar surface area (TPSA) is 78.2 Å². The Hall–Kier alpha value is -1.87. The van der Waals surface area contributed by atoms with Crippen molar-refractivity contribution in [2.24, 2.45) is 0 Å². The molecular weight excluding hydrogens is 264 g/mol. The Labute approximate surface area is 113 Å². The van der Waals surface area contributed by atoms with E-state index in [0.717, 1.165) is 6.26 Å². The number of carbonyl (C=O) groups is 1. The second kappa shape index (κ2) is 5.85. The molecule has 0 aliphatic carbocycles. The maximum atomic E-state index is 12.2. The minimum atomic E-state index is -3.36. The first-order valence-corrected chi connectivity index (χ1v) is 7.67. The number of rotatable bonds is 4. The smallest absolute Gasteiger partial charge is 0.255 e. The number of sulfone groups is 1. The molecule has 0 fully saturated rings. The molecule has 0 atom stereocenters. The fourth-order valence-electron chi connectivity index (χ4n) is 1.65. The molecule has 0 saturated carbocycles. The van der Waals surface area contributed by atoms with Crippen LogP contribution in [0.3, 0.4) is 0 Å². The maximum Gasteiger partial charge on any atom is 0.255 e. The minimum absolute atomic E-state index is 0.0160. The Kier molecular flexibility index (Phi) is 4.67. The van der Waals surface area contributed by atoms with Crippen LogP contribution in [0.25, 0.3) is 0 Å². The Balaban J connectivity index is 3.27. The van der Waals surface area contributed by atoms with Crippen LogP contribution < -0.4 is 0 Å². The lowest BCUT2D eigenvalue weighted by Gasteiger charge is -2.18. The summed E-state index contributed by atoms with van der Waals surface area (Å²) in [7, 11) is -3.36. The van der Waals surface area contributed by atoms with Crippen LogP contribution in [-0.4, -0.2) is 38.6 Å². The third kappa shape index (κ3) is 3.55. The zero-order chi connectivity index (χ0) is 14.6. The molecule has 0 saturated heterocycles. The van der Waals surface area contributed by atoms with Gasteiger partial charge in [-0.1, -0.05) is 6.07 Å². The fraction of sp³-hybridized carbons (Fsp3) is 0.385. The van der Waals surface area contributed by atoms with Gasteiger partial charge in [-0.15, -0.1) is 0 Å². The predicted molar refractivity (Wildman–Crippen MR) is 71.5 cm³/mol. The molecule has 0 N–H and O–H groups in total. The molecule has 1 aromatic rings. The van der Waals surface area contributed by atoms with Crippen molar-refractivity contribution in [1.29, 1.82) is 5.26 Å². The standard InChI is InChI=1S/C13H16N2O3S/c1-4-15(8-7-14)13(16)12-9-11(19(3,17)18)6-5-10(12)2/h5-6,9H,4,8H2,1-3H3. The number of hydrogen-bond donors (Lipinski definition) is 0. The zero-order valence-electron chi connectivity index (χ0n) is 11.2. The van der Waals surface area contributed by atoms with Gasteiger partial charge < -0.3 is 4.90 Å². The highest BCUT2D eigenvalue weighted by molar-refractivity contribution is 7.90. The van der Waals surface area contributed by atoms with Crippen LogP contribution in [0.5, 0.6) is 0 Å². The second-order valence-electron chi connectivity index (χ2n) is 4.23. The summed E-state index contributed by atoms with van der Waals surface area (Å²) < 4.78 is 23.0. The van der Waals surface area contributed by atoms with Crippen molar-refractivity contribution in [3.8, 4) is 6.07 Å². The van der Waals surface area contributed by atoms with E-state index in [-0.39, 0.29) is 17.3 Å². The van der Waals surface area contributed by atoms with Crippen molar-refractivity contribution in [3.63, 3.8) is 0 Å². The lowest BCUT2D eigenvalue weighted by Crippen LogP contribution is -2.31. The van der Waals surface area contributed by atoms with E-state index in [1.807, 2.05) is 6.07 Å². The van der Waals surface area contributed by atoms with Crippen LogP contribution in [0.15, 0.2) is 23.1 Å². The van der Waals surface area contributed by atoms with Gasteiger partial charge in [-0.3, -0.25) is 4.79 Å². The van der Waals surface area contributed by atoms with Gasteiger partial charge in [0.2, 0.25) is 0 Å². The summed E-state index contributed by atoms with van der Waals surface area (Å²) in [5.74, 6) is -0.327. The normalized spacial score (nSPS) is 10.8. The van der Waals surface area contributed by atoms with Crippen LogP contribution in [0.2, 0.25) is 0 Å². The van der Waals surface area contributed by atoms with Crippen LogP contribution in [0, 0.1) is 18.3 Å². The highest BCUT2D eigenvalue weighted by Gasteiger charge is 2.18. The summed E-state index contributed by atoms with van der Waals surface area (Å²) in [6.07, 6.45) is 1.10. The van der Waals surface area contributed by atoms with Crippen LogP contribution in [0.1, 0.15) is 22.8 Å². The number of carbonyl (C=O) groups excluding carboxylic acids is 1. The van der Waals surface area contributed by atoms with Crippen molar-refractivity contribution < 1.29 is 13.2 Å².